The van der Waals surface area contributed by atoms with E-state index in [2.05, 4.69) is 16.0 Å². The smallest absolute Gasteiger partial charge is 0.223 e. The van der Waals surface area contributed by atoms with E-state index in [1.54, 1.807) is 0 Å². The van der Waals surface area contributed by atoms with Gasteiger partial charge in [-0.05, 0) is 12.8 Å². The lowest BCUT2D eigenvalue weighted by Gasteiger charge is -2.15. The molecule has 0 aliphatic rings. The fourth-order valence-corrected chi connectivity index (χ4v) is 2.07. The van der Waals surface area contributed by atoms with Crippen LogP contribution >= 0.6 is 0 Å². The largest absolute Gasteiger partial charge is 0.380 e. The van der Waals surface area contributed by atoms with Crippen molar-refractivity contribution in [3.8, 4) is 0 Å². The average Bonchev–Trinajstić information content (AvgIpc) is 2.60. The van der Waals surface area contributed by atoms with E-state index < -0.39 is 5.92 Å². The Morgan fingerprint density at radius 2 is 1.24 bits per heavy atom. The molecule has 3 amide bonds. The summed E-state index contributed by atoms with van der Waals surface area (Å²) < 4.78 is 10.5. The molecule has 8 heteroatoms. The van der Waals surface area contributed by atoms with Crippen molar-refractivity contribution >= 4 is 17.7 Å². The van der Waals surface area contributed by atoms with E-state index in [9.17, 15) is 14.4 Å². The predicted molar refractivity (Wildman–Crippen MR) is 95.0 cm³/mol. The highest BCUT2D eigenvalue weighted by molar-refractivity contribution is 5.89. The summed E-state index contributed by atoms with van der Waals surface area (Å²) in [6.45, 7) is 6.96. The van der Waals surface area contributed by atoms with Gasteiger partial charge in [0, 0.05) is 46.2 Å². The van der Waals surface area contributed by atoms with Crippen molar-refractivity contribution in [2.24, 2.45) is 5.92 Å². The van der Waals surface area contributed by atoms with Gasteiger partial charge in [0.25, 0.3) is 0 Å². The van der Waals surface area contributed by atoms with Crippen LogP contribution in [-0.4, -0.2) is 64.3 Å². The minimum Gasteiger partial charge on any atom is -0.380 e. The number of rotatable bonds is 15. The highest BCUT2D eigenvalue weighted by atomic mass is 16.5. The number of amides is 3. The second kappa shape index (κ2) is 15.8. The molecule has 0 saturated heterocycles. The topological polar surface area (TPSA) is 106 Å². The maximum Gasteiger partial charge on any atom is 0.223 e. The van der Waals surface area contributed by atoms with Gasteiger partial charge in [-0.3, -0.25) is 14.4 Å². The molecule has 0 radical (unpaired) electrons. The van der Waals surface area contributed by atoms with Crippen LogP contribution in [0, 0.1) is 5.92 Å². The van der Waals surface area contributed by atoms with Gasteiger partial charge in [-0.15, -0.1) is 0 Å². The third kappa shape index (κ3) is 13.3. The molecule has 0 saturated carbocycles. The van der Waals surface area contributed by atoms with E-state index in [-0.39, 0.29) is 30.6 Å². The van der Waals surface area contributed by atoms with Gasteiger partial charge in [0.05, 0.1) is 19.1 Å². The zero-order chi connectivity index (χ0) is 18.9. The lowest BCUT2D eigenvalue weighted by molar-refractivity contribution is -0.133. The number of hydrogen-bond acceptors (Lipinski definition) is 5. The first kappa shape index (κ1) is 23.3. The minimum atomic E-state index is -0.696. The van der Waals surface area contributed by atoms with Crippen LogP contribution in [0.1, 0.15) is 39.5 Å². The van der Waals surface area contributed by atoms with Crippen LogP contribution in [0.5, 0.6) is 0 Å². The fourth-order valence-electron chi connectivity index (χ4n) is 2.07. The molecule has 146 valence electrons. The van der Waals surface area contributed by atoms with Gasteiger partial charge in [0.1, 0.15) is 0 Å². The van der Waals surface area contributed by atoms with Crippen molar-refractivity contribution in [1.82, 2.24) is 16.0 Å². The Balaban J connectivity index is 4.16. The maximum atomic E-state index is 11.9. The van der Waals surface area contributed by atoms with Gasteiger partial charge >= 0.3 is 0 Å². The highest BCUT2D eigenvalue weighted by Crippen LogP contribution is 2.09. The fraction of sp³-hybridized carbons (Fsp3) is 0.824. The van der Waals surface area contributed by atoms with Crippen molar-refractivity contribution in [3.63, 3.8) is 0 Å². The molecule has 0 aliphatic carbocycles. The SMILES string of the molecule is CCCOCCNC(=O)CC(CC(=O)NCCOCCC)C(=O)NC. The number of hydrogen-bond donors (Lipinski definition) is 3. The normalized spacial score (nSPS) is 10.6. The zero-order valence-corrected chi connectivity index (χ0v) is 15.7. The van der Waals surface area contributed by atoms with Crippen LogP contribution in [0.3, 0.4) is 0 Å². The quantitative estimate of drug-likeness (QED) is 0.363. The number of carbonyl (C=O) groups is 3. The third-order valence-corrected chi connectivity index (χ3v) is 3.31. The van der Waals surface area contributed by atoms with Crippen LogP contribution in [-0.2, 0) is 23.9 Å². The molecule has 0 bridgehead atoms. The molecular weight excluding hydrogens is 326 g/mol. The van der Waals surface area contributed by atoms with E-state index in [4.69, 9.17) is 9.47 Å². The highest BCUT2D eigenvalue weighted by Gasteiger charge is 2.23. The lowest BCUT2D eigenvalue weighted by Crippen LogP contribution is -2.38. The number of carbonyl (C=O) groups excluding carboxylic acids is 3. The van der Waals surface area contributed by atoms with E-state index >= 15 is 0 Å². The van der Waals surface area contributed by atoms with E-state index in [1.807, 2.05) is 13.8 Å². The van der Waals surface area contributed by atoms with Gasteiger partial charge in [-0.1, -0.05) is 13.8 Å². The summed E-state index contributed by atoms with van der Waals surface area (Å²) >= 11 is 0. The van der Waals surface area contributed by atoms with Crippen LogP contribution < -0.4 is 16.0 Å². The molecule has 0 fully saturated rings. The van der Waals surface area contributed by atoms with Crippen molar-refractivity contribution < 1.29 is 23.9 Å². The molecule has 0 aromatic heterocycles. The Labute approximate surface area is 150 Å². The van der Waals surface area contributed by atoms with Crippen molar-refractivity contribution in [2.75, 3.05) is 46.6 Å². The number of nitrogens with one attached hydrogen (secondary N) is 3. The summed E-state index contributed by atoms with van der Waals surface area (Å²) in [7, 11) is 1.49. The standard InChI is InChI=1S/C17H33N3O5/c1-4-8-24-10-6-19-15(21)12-14(17(23)18-3)13-16(22)20-7-11-25-9-5-2/h14H,4-13H2,1-3H3,(H,18,23)(H,19,21)(H,20,22). The second-order valence-corrected chi connectivity index (χ2v) is 5.64. The molecule has 0 aromatic carbocycles. The molecule has 0 aromatic rings. The Hall–Kier alpha value is -1.67. The van der Waals surface area contributed by atoms with Crippen molar-refractivity contribution in [1.29, 1.82) is 0 Å². The second-order valence-electron chi connectivity index (χ2n) is 5.64. The van der Waals surface area contributed by atoms with Gasteiger partial charge < -0.3 is 25.4 Å². The Morgan fingerprint density at radius 3 is 1.60 bits per heavy atom. The van der Waals surface area contributed by atoms with Crippen LogP contribution in [0.4, 0.5) is 0 Å². The summed E-state index contributed by atoms with van der Waals surface area (Å²) in [5, 5.41) is 7.89. The molecule has 0 unspecified atom stereocenters. The van der Waals surface area contributed by atoms with E-state index in [1.165, 1.54) is 7.05 Å². The molecule has 0 spiro atoms. The van der Waals surface area contributed by atoms with Gasteiger partial charge in [-0.25, -0.2) is 0 Å². The third-order valence-electron chi connectivity index (χ3n) is 3.31. The van der Waals surface area contributed by atoms with E-state index in [0.29, 0.717) is 39.5 Å². The minimum absolute atomic E-state index is 0.0345. The number of ether oxygens (including phenoxy) is 2. The van der Waals surface area contributed by atoms with E-state index in [0.717, 1.165) is 12.8 Å². The summed E-state index contributed by atoms with van der Waals surface area (Å²) in [6, 6.07) is 0. The summed E-state index contributed by atoms with van der Waals surface area (Å²) in [4.78, 5) is 35.7. The van der Waals surface area contributed by atoms with Gasteiger partial charge in [0.15, 0.2) is 0 Å². The Bertz CT molecular complexity index is 362. The van der Waals surface area contributed by atoms with Crippen LogP contribution in [0.2, 0.25) is 0 Å². The Morgan fingerprint density at radius 1 is 0.800 bits per heavy atom. The maximum absolute atomic E-state index is 11.9. The molecular formula is C17H33N3O5. The van der Waals surface area contributed by atoms with Gasteiger partial charge in [0.2, 0.25) is 17.7 Å². The summed E-state index contributed by atoms with van der Waals surface area (Å²) in [5.41, 5.74) is 0. The molecule has 0 rings (SSSR count). The average molecular weight is 359 g/mol. The molecule has 3 N–H and O–H groups in total. The monoisotopic (exact) mass is 359 g/mol. The molecule has 8 nitrogen and oxygen atoms in total. The summed E-state index contributed by atoms with van der Waals surface area (Å²) in [5.74, 6) is -1.56. The van der Waals surface area contributed by atoms with Crippen LogP contribution in [0.15, 0.2) is 0 Å². The summed E-state index contributed by atoms with van der Waals surface area (Å²) in [6.07, 6.45) is 1.77. The van der Waals surface area contributed by atoms with Gasteiger partial charge in [-0.2, -0.15) is 0 Å². The molecule has 0 heterocycles. The Kier molecular flexibility index (Phi) is 14.8. The first-order chi connectivity index (χ1) is 12.0. The van der Waals surface area contributed by atoms with Crippen molar-refractivity contribution in [3.05, 3.63) is 0 Å². The molecule has 0 atom stereocenters. The zero-order valence-electron chi connectivity index (χ0n) is 15.7. The predicted octanol–water partition coefficient (Wildman–Crippen LogP) is 0.214. The van der Waals surface area contributed by atoms with Crippen LogP contribution in [0.25, 0.3) is 0 Å². The lowest BCUT2D eigenvalue weighted by atomic mass is 9.99. The first-order valence-electron chi connectivity index (χ1n) is 8.95. The molecule has 25 heavy (non-hydrogen) atoms. The first-order valence-corrected chi connectivity index (χ1v) is 8.95. The van der Waals surface area contributed by atoms with Crippen molar-refractivity contribution in [2.45, 2.75) is 39.5 Å². The molecule has 0 aliphatic heterocycles.